The van der Waals surface area contributed by atoms with Crippen molar-refractivity contribution >= 4 is 17.4 Å². The molecule has 0 unspecified atom stereocenters. The van der Waals surface area contributed by atoms with Crippen molar-refractivity contribution in [2.24, 2.45) is 0 Å². The molecule has 0 atom stereocenters. The standard InChI is InChI=1S/C20H21F3N6O/c1-13-17(14(2)29-19(26-13)24-12-25-29)11-18(30)28-8-6-27(7-9-28)16-5-3-4-15(10-16)20(21,22)23/h3-5,10,12H,6-9,11H2,1-2H3. The summed E-state index contributed by atoms with van der Waals surface area (Å²) in [5.74, 6) is 0.460. The highest BCUT2D eigenvalue weighted by Gasteiger charge is 2.31. The monoisotopic (exact) mass is 418 g/mol. The Labute approximate surface area is 171 Å². The highest BCUT2D eigenvalue weighted by Crippen LogP contribution is 2.32. The van der Waals surface area contributed by atoms with E-state index < -0.39 is 11.7 Å². The van der Waals surface area contributed by atoms with Gasteiger partial charge in [0.1, 0.15) is 6.33 Å². The van der Waals surface area contributed by atoms with Crippen molar-refractivity contribution in [3.63, 3.8) is 0 Å². The molecule has 4 rings (SSSR count). The minimum absolute atomic E-state index is 0.0360. The number of aryl methyl sites for hydroxylation is 2. The summed E-state index contributed by atoms with van der Waals surface area (Å²) < 4.78 is 40.5. The molecule has 0 aliphatic carbocycles. The number of piperazine rings is 1. The van der Waals surface area contributed by atoms with Crippen LogP contribution in [0.2, 0.25) is 0 Å². The summed E-state index contributed by atoms with van der Waals surface area (Å²) in [7, 11) is 0. The molecular formula is C20H21F3N6O. The summed E-state index contributed by atoms with van der Waals surface area (Å²) >= 11 is 0. The van der Waals surface area contributed by atoms with Gasteiger partial charge in [-0.15, -0.1) is 0 Å². The fourth-order valence-corrected chi connectivity index (χ4v) is 3.77. The lowest BCUT2D eigenvalue weighted by molar-refractivity contribution is -0.137. The fourth-order valence-electron chi connectivity index (χ4n) is 3.77. The van der Waals surface area contributed by atoms with E-state index in [1.165, 1.54) is 12.4 Å². The Morgan fingerprint density at radius 1 is 1.13 bits per heavy atom. The lowest BCUT2D eigenvalue weighted by atomic mass is 10.1. The van der Waals surface area contributed by atoms with Crippen LogP contribution in [0.1, 0.15) is 22.5 Å². The SMILES string of the molecule is Cc1nc2ncnn2c(C)c1CC(=O)N1CCN(c2cccc(C(F)(F)F)c2)CC1. The summed E-state index contributed by atoms with van der Waals surface area (Å²) in [5.41, 5.74) is 2.23. The zero-order valence-corrected chi connectivity index (χ0v) is 16.6. The van der Waals surface area contributed by atoms with Crippen LogP contribution in [0.3, 0.4) is 0 Å². The first-order valence-corrected chi connectivity index (χ1v) is 9.60. The third-order valence-corrected chi connectivity index (χ3v) is 5.49. The van der Waals surface area contributed by atoms with Crippen molar-refractivity contribution in [2.45, 2.75) is 26.4 Å². The van der Waals surface area contributed by atoms with Crippen molar-refractivity contribution in [2.75, 3.05) is 31.1 Å². The van der Waals surface area contributed by atoms with Crippen LogP contribution >= 0.6 is 0 Å². The molecule has 1 fully saturated rings. The second kappa shape index (κ2) is 7.58. The first-order chi connectivity index (χ1) is 14.2. The molecule has 1 saturated heterocycles. The van der Waals surface area contributed by atoms with Crippen LogP contribution < -0.4 is 4.90 Å². The van der Waals surface area contributed by atoms with Gasteiger partial charge in [-0.25, -0.2) is 9.50 Å². The van der Waals surface area contributed by atoms with E-state index in [2.05, 4.69) is 15.1 Å². The first kappa shape index (κ1) is 20.1. The van der Waals surface area contributed by atoms with Crippen LogP contribution in [-0.4, -0.2) is 56.6 Å². The molecule has 3 heterocycles. The van der Waals surface area contributed by atoms with E-state index >= 15 is 0 Å². The number of carbonyl (C=O) groups is 1. The molecule has 0 saturated carbocycles. The molecule has 7 nitrogen and oxygen atoms in total. The minimum Gasteiger partial charge on any atom is -0.368 e. The normalized spacial score (nSPS) is 15.1. The van der Waals surface area contributed by atoms with Gasteiger partial charge in [0, 0.05) is 48.8 Å². The number of hydrogen-bond donors (Lipinski definition) is 0. The Morgan fingerprint density at radius 2 is 1.87 bits per heavy atom. The van der Waals surface area contributed by atoms with Gasteiger partial charge in [-0.05, 0) is 32.0 Å². The van der Waals surface area contributed by atoms with Crippen LogP contribution in [0.15, 0.2) is 30.6 Å². The third-order valence-electron chi connectivity index (χ3n) is 5.49. The zero-order chi connectivity index (χ0) is 21.5. The number of benzene rings is 1. The predicted molar refractivity (Wildman–Crippen MR) is 104 cm³/mol. The van der Waals surface area contributed by atoms with Gasteiger partial charge in [0.15, 0.2) is 0 Å². The lowest BCUT2D eigenvalue weighted by Gasteiger charge is -2.36. The van der Waals surface area contributed by atoms with Crippen LogP contribution in [0, 0.1) is 13.8 Å². The van der Waals surface area contributed by atoms with Gasteiger partial charge in [0.2, 0.25) is 5.91 Å². The van der Waals surface area contributed by atoms with Gasteiger partial charge in [0.05, 0.1) is 12.0 Å². The maximum absolute atomic E-state index is 13.0. The molecule has 10 heteroatoms. The van der Waals surface area contributed by atoms with Crippen molar-refractivity contribution in [1.29, 1.82) is 0 Å². The number of halogens is 3. The van der Waals surface area contributed by atoms with Gasteiger partial charge >= 0.3 is 6.18 Å². The zero-order valence-electron chi connectivity index (χ0n) is 16.6. The molecule has 2 aromatic heterocycles. The Bertz CT molecular complexity index is 1090. The number of hydrogen-bond acceptors (Lipinski definition) is 5. The number of rotatable bonds is 3. The predicted octanol–water partition coefficient (Wildman–Crippen LogP) is 2.65. The van der Waals surface area contributed by atoms with E-state index in [-0.39, 0.29) is 12.3 Å². The Morgan fingerprint density at radius 3 is 2.57 bits per heavy atom. The van der Waals surface area contributed by atoms with Crippen molar-refractivity contribution < 1.29 is 18.0 Å². The number of alkyl halides is 3. The van der Waals surface area contributed by atoms with Crippen molar-refractivity contribution in [3.05, 3.63) is 53.1 Å². The molecule has 30 heavy (non-hydrogen) atoms. The van der Waals surface area contributed by atoms with E-state index in [9.17, 15) is 18.0 Å². The molecule has 0 bridgehead atoms. The number of fused-ring (bicyclic) bond motifs is 1. The highest BCUT2D eigenvalue weighted by molar-refractivity contribution is 5.79. The Balaban J connectivity index is 1.43. The van der Waals surface area contributed by atoms with Gasteiger partial charge in [-0.1, -0.05) is 6.07 Å². The molecule has 1 aliphatic heterocycles. The molecule has 0 spiro atoms. The van der Waals surface area contributed by atoms with Crippen molar-refractivity contribution in [1.82, 2.24) is 24.5 Å². The highest BCUT2D eigenvalue weighted by atomic mass is 19.4. The maximum atomic E-state index is 13.0. The summed E-state index contributed by atoms with van der Waals surface area (Å²) in [5, 5.41) is 4.14. The summed E-state index contributed by atoms with van der Waals surface area (Å²) in [6.45, 7) is 5.58. The van der Waals surface area contributed by atoms with Gasteiger partial charge in [-0.2, -0.15) is 23.3 Å². The average molecular weight is 418 g/mol. The molecule has 0 radical (unpaired) electrons. The van der Waals surface area contributed by atoms with Crippen molar-refractivity contribution in [3.8, 4) is 0 Å². The van der Waals surface area contributed by atoms with Gasteiger partial charge in [0.25, 0.3) is 5.78 Å². The Hall–Kier alpha value is -3.17. The average Bonchev–Trinajstić information content (AvgIpc) is 3.19. The van der Waals surface area contributed by atoms with Crippen LogP contribution in [0.4, 0.5) is 18.9 Å². The second-order valence-electron chi connectivity index (χ2n) is 7.33. The molecule has 0 N–H and O–H groups in total. The van der Waals surface area contributed by atoms with Gasteiger partial charge in [-0.3, -0.25) is 4.79 Å². The van der Waals surface area contributed by atoms with E-state index in [4.69, 9.17) is 0 Å². The van der Waals surface area contributed by atoms with E-state index in [1.54, 1.807) is 15.5 Å². The molecular weight excluding hydrogens is 397 g/mol. The largest absolute Gasteiger partial charge is 0.416 e. The molecule has 158 valence electrons. The van der Waals surface area contributed by atoms with E-state index in [1.807, 2.05) is 18.7 Å². The number of amides is 1. The minimum atomic E-state index is -4.37. The van der Waals surface area contributed by atoms with Gasteiger partial charge < -0.3 is 9.80 Å². The quantitative estimate of drug-likeness (QED) is 0.654. The molecule has 1 amide bonds. The van der Waals surface area contributed by atoms with Crippen LogP contribution in [0.5, 0.6) is 0 Å². The third kappa shape index (κ3) is 3.81. The fraction of sp³-hybridized carbons (Fsp3) is 0.400. The number of aromatic nitrogens is 4. The summed E-state index contributed by atoms with van der Waals surface area (Å²) in [4.78, 5) is 25.0. The number of carbonyl (C=O) groups excluding carboxylic acids is 1. The summed E-state index contributed by atoms with van der Waals surface area (Å²) in [6.07, 6.45) is -2.75. The Kier molecular flexibility index (Phi) is 5.08. The summed E-state index contributed by atoms with van der Waals surface area (Å²) in [6, 6.07) is 5.30. The molecule has 1 aromatic carbocycles. The van der Waals surface area contributed by atoms with E-state index in [0.29, 0.717) is 37.6 Å². The number of nitrogens with zero attached hydrogens (tertiary/aromatic N) is 6. The topological polar surface area (TPSA) is 66.6 Å². The lowest BCUT2D eigenvalue weighted by Crippen LogP contribution is -2.49. The molecule has 1 aliphatic rings. The number of anilines is 1. The molecule has 3 aromatic rings. The second-order valence-corrected chi connectivity index (χ2v) is 7.33. The van der Waals surface area contributed by atoms with Crippen LogP contribution in [0.25, 0.3) is 5.78 Å². The smallest absolute Gasteiger partial charge is 0.368 e. The van der Waals surface area contributed by atoms with E-state index in [0.717, 1.165) is 29.1 Å². The van der Waals surface area contributed by atoms with Crippen LogP contribution in [-0.2, 0) is 17.4 Å². The first-order valence-electron chi connectivity index (χ1n) is 9.60. The maximum Gasteiger partial charge on any atom is 0.416 e.